The minimum Gasteiger partial charge on any atom is -0.340 e. The molecule has 2 aromatic heterocycles. The van der Waals surface area contributed by atoms with Crippen LogP contribution in [0.2, 0.25) is 0 Å². The van der Waals surface area contributed by atoms with Gasteiger partial charge in [0.1, 0.15) is 5.69 Å². The fourth-order valence-electron chi connectivity index (χ4n) is 1.51. The highest BCUT2D eigenvalue weighted by Gasteiger charge is 2.25. The van der Waals surface area contributed by atoms with Gasteiger partial charge in [-0.25, -0.2) is 4.98 Å². The molecular weight excluding hydrogens is 236 g/mol. The van der Waals surface area contributed by atoms with Crippen molar-refractivity contribution in [3.63, 3.8) is 0 Å². The smallest absolute Gasteiger partial charge is 0.193 e. The molecule has 0 spiro atoms. The summed E-state index contributed by atoms with van der Waals surface area (Å²) in [5, 5.41) is 1.82. The molecule has 0 aliphatic carbocycles. The highest BCUT2D eigenvalue weighted by Crippen LogP contribution is 2.17. The first-order valence-electron chi connectivity index (χ1n) is 5.19. The first kappa shape index (κ1) is 11.7. The Morgan fingerprint density at radius 2 is 2.18 bits per heavy atom. The van der Waals surface area contributed by atoms with Crippen LogP contribution in [-0.2, 0) is 7.05 Å². The van der Waals surface area contributed by atoms with Crippen molar-refractivity contribution in [3.05, 3.63) is 40.6 Å². The van der Waals surface area contributed by atoms with Crippen LogP contribution in [0.4, 0.5) is 0 Å². The minimum absolute atomic E-state index is 0.143. The number of hydrogen-bond acceptors (Lipinski definition) is 4. The van der Waals surface area contributed by atoms with Crippen molar-refractivity contribution in [2.45, 2.75) is 6.92 Å². The van der Waals surface area contributed by atoms with E-state index >= 15 is 0 Å². The lowest BCUT2D eigenvalue weighted by atomic mass is 9.98. The zero-order valence-electron chi connectivity index (χ0n) is 9.58. The molecule has 2 aromatic rings. The quantitative estimate of drug-likeness (QED) is 0.615. The highest BCUT2D eigenvalue weighted by molar-refractivity contribution is 7.12. The maximum Gasteiger partial charge on any atom is 0.193 e. The van der Waals surface area contributed by atoms with Crippen molar-refractivity contribution in [1.29, 1.82) is 0 Å². The normalized spacial score (nSPS) is 12.4. The van der Waals surface area contributed by atoms with E-state index in [0.29, 0.717) is 10.6 Å². The van der Waals surface area contributed by atoms with E-state index < -0.39 is 5.92 Å². The number of aromatic nitrogens is 2. The van der Waals surface area contributed by atoms with E-state index in [4.69, 9.17) is 0 Å². The molecule has 0 radical (unpaired) electrons. The number of hydrogen-bond donors (Lipinski definition) is 0. The van der Waals surface area contributed by atoms with Crippen molar-refractivity contribution in [2.75, 3.05) is 0 Å². The monoisotopic (exact) mass is 248 g/mol. The summed E-state index contributed by atoms with van der Waals surface area (Å²) in [5.74, 6) is -1.05. The lowest BCUT2D eigenvalue weighted by molar-refractivity contribution is 0.0820. The van der Waals surface area contributed by atoms with E-state index in [0.717, 1.165) is 0 Å². The van der Waals surface area contributed by atoms with Crippen LogP contribution < -0.4 is 0 Å². The molecule has 0 N–H and O–H groups in total. The number of thiophene rings is 1. The molecule has 17 heavy (non-hydrogen) atoms. The predicted molar refractivity (Wildman–Crippen MR) is 65.4 cm³/mol. The van der Waals surface area contributed by atoms with E-state index in [2.05, 4.69) is 4.98 Å². The Kier molecular flexibility index (Phi) is 3.19. The van der Waals surface area contributed by atoms with Crippen molar-refractivity contribution < 1.29 is 9.59 Å². The van der Waals surface area contributed by atoms with Crippen LogP contribution in [0.1, 0.15) is 27.1 Å². The second-order valence-corrected chi connectivity index (χ2v) is 4.80. The van der Waals surface area contributed by atoms with E-state index in [-0.39, 0.29) is 11.6 Å². The molecule has 2 rings (SSSR count). The van der Waals surface area contributed by atoms with Gasteiger partial charge in [0.25, 0.3) is 0 Å². The van der Waals surface area contributed by atoms with Crippen molar-refractivity contribution in [2.24, 2.45) is 13.0 Å². The number of Topliss-reactive ketones (excluding diaryl/α,β-unsaturated/α-hetero) is 2. The van der Waals surface area contributed by atoms with E-state index in [1.54, 1.807) is 43.2 Å². The van der Waals surface area contributed by atoms with Crippen LogP contribution in [0.5, 0.6) is 0 Å². The molecule has 4 nitrogen and oxygen atoms in total. The Hall–Kier alpha value is -1.75. The minimum atomic E-state index is -0.677. The number of aryl methyl sites for hydroxylation is 1. The van der Waals surface area contributed by atoms with Crippen LogP contribution in [0.25, 0.3) is 0 Å². The SMILES string of the molecule is CC(C(=O)c1cn(C)cn1)C(=O)c1cccs1. The van der Waals surface area contributed by atoms with Crippen LogP contribution in [-0.4, -0.2) is 21.1 Å². The average molecular weight is 248 g/mol. The third-order valence-corrected chi connectivity index (χ3v) is 3.39. The number of carbonyl (C=O) groups is 2. The van der Waals surface area contributed by atoms with Gasteiger partial charge in [0, 0.05) is 13.2 Å². The van der Waals surface area contributed by atoms with E-state index in [1.165, 1.54) is 11.3 Å². The number of nitrogens with zero attached hydrogens (tertiary/aromatic N) is 2. The van der Waals surface area contributed by atoms with Gasteiger partial charge in [0.2, 0.25) is 0 Å². The van der Waals surface area contributed by atoms with Gasteiger partial charge >= 0.3 is 0 Å². The van der Waals surface area contributed by atoms with Crippen molar-refractivity contribution >= 4 is 22.9 Å². The second-order valence-electron chi connectivity index (χ2n) is 3.85. The van der Waals surface area contributed by atoms with E-state index in [9.17, 15) is 9.59 Å². The van der Waals surface area contributed by atoms with Crippen LogP contribution in [0.15, 0.2) is 30.0 Å². The summed E-state index contributed by atoms with van der Waals surface area (Å²) < 4.78 is 1.69. The van der Waals surface area contributed by atoms with Gasteiger partial charge in [-0.2, -0.15) is 0 Å². The summed E-state index contributed by atoms with van der Waals surface area (Å²) in [7, 11) is 1.79. The predicted octanol–water partition coefficient (Wildman–Crippen LogP) is 2.18. The Labute approximate surface area is 103 Å². The first-order valence-corrected chi connectivity index (χ1v) is 6.07. The molecular formula is C12H12N2O2S. The van der Waals surface area contributed by atoms with Gasteiger partial charge in [-0.15, -0.1) is 11.3 Å². The fraction of sp³-hybridized carbons (Fsp3) is 0.250. The topological polar surface area (TPSA) is 52.0 Å². The van der Waals surface area contributed by atoms with E-state index in [1.807, 2.05) is 5.38 Å². The van der Waals surface area contributed by atoms with Crippen molar-refractivity contribution in [3.8, 4) is 0 Å². The molecule has 0 saturated carbocycles. The molecule has 0 aliphatic heterocycles. The molecule has 1 unspecified atom stereocenters. The van der Waals surface area contributed by atoms with Gasteiger partial charge in [-0.05, 0) is 18.4 Å². The second kappa shape index (κ2) is 4.63. The molecule has 0 fully saturated rings. The lowest BCUT2D eigenvalue weighted by Crippen LogP contribution is -2.21. The molecule has 0 aromatic carbocycles. The standard InChI is InChI=1S/C12H12N2O2S/c1-8(12(16)10-4-3-5-17-10)11(15)9-6-14(2)7-13-9/h3-8H,1-2H3. The molecule has 2 heterocycles. The molecule has 88 valence electrons. The van der Waals surface area contributed by atoms with Gasteiger partial charge in [0.05, 0.1) is 17.1 Å². The van der Waals surface area contributed by atoms with Gasteiger partial charge < -0.3 is 4.57 Å². The van der Waals surface area contributed by atoms with Crippen molar-refractivity contribution in [1.82, 2.24) is 9.55 Å². The fourth-order valence-corrected chi connectivity index (χ4v) is 2.27. The molecule has 0 amide bonds. The molecule has 0 bridgehead atoms. The zero-order chi connectivity index (χ0) is 12.4. The van der Waals surface area contributed by atoms with Gasteiger partial charge in [-0.1, -0.05) is 6.07 Å². The summed E-state index contributed by atoms with van der Waals surface area (Å²) in [4.78, 5) is 28.6. The lowest BCUT2D eigenvalue weighted by Gasteiger charge is -2.05. The molecule has 0 saturated heterocycles. The first-order chi connectivity index (χ1) is 8.09. The summed E-state index contributed by atoms with van der Waals surface area (Å²) >= 11 is 1.35. The average Bonchev–Trinajstić information content (AvgIpc) is 2.96. The summed E-state index contributed by atoms with van der Waals surface area (Å²) in [6, 6.07) is 3.53. The third-order valence-electron chi connectivity index (χ3n) is 2.51. The summed E-state index contributed by atoms with van der Waals surface area (Å²) in [6.45, 7) is 1.62. The highest BCUT2D eigenvalue weighted by atomic mass is 32.1. The molecule has 0 aliphatic rings. The Morgan fingerprint density at radius 3 is 2.71 bits per heavy atom. The molecule has 5 heteroatoms. The number of carbonyl (C=O) groups excluding carboxylic acids is 2. The summed E-state index contributed by atoms with van der Waals surface area (Å²) in [5.41, 5.74) is 0.338. The Balaban J connectivity index is 2.18. The largest absolute Gasteiger partial charge is 0.340 e. The molecule has 1 atom stereocenters. The van der Waals surface area contributed by atoms with Gasteiger partial charge in [0.15, 0.2) is 11.6 Å². The third kappa shape index (κ3) is 2.34. The number of rotatable bonds is 4. The maximum absolute atomic E-state index is 12.0. The Morgan fingerprint density at radius 1 is 1.41 bits per heavy atom. The van der Waals surface area contributed by atoms with Crippen LogP contribution in [0.3, 0.4) is 0 Å². The Bertz CT molecular complexity index is 543. The van der Waals surface area contributed by atoms with Crippen LogP contribution in [0, 0.1) is 5.92 Å². The van der Waals surface area contributed by atoms with Gasteiger partial charge in [-0.3, -0.25) is 9.59 Å². The maximum atomic E-state index is 12.0. The summed E-state index contributed by atoms with van der Waals surface area (Å²) in [6.07, 6.45) is 3.18. The zero-order valence-corrected chi connectivity index (χ0v) is 10.4. The number of ketones is 2. The number of imidazole rings is 1. The van der Waals surface area contributed by atoms with Crippen LogP contribution >= 0.6 is 11.3 Å².